The SMILES string of the molecule is Cn1cc(CCC(=O)N2CC3C[C@@H](C2)Cn2c3ccc([N+](=O)[O-])c2=O)c2ccccc21. The topological polar surface area (TPSA) is 90.4 Å². The molecule has 3 aromatic rings. The minimum Gasteiger partial charge on any atom is -0.350 e. The maximum atomic E-state index is 13.0. The number of aromatic nitrogens is 2. The second-order valence-corrected chi connectivity index (χ2v) is 8.70. The predicted molar refractivity (Wildman–Crippen MR) is 116 cm³/mol. The number of nitro groups is 1. The maximum Gasteiger partial charge on any atom is 0.334 e. The largest absolute Gasteiger partial charge is 0.350 e. The van der Waals surface area contributed by atoms with E-state index in [1.807, 2.05) is 24.1 Å². The van der Waals surface area contributed by atoms with Gasteiger partial charge < -0.3 is 14.0 Å². The molecule has 1 aromatic carbocycles. The molecule has 2 atom stereocenters. The molecule has 31 heavy (non-hydrogen) atoms. The zero-order valence-electron chi connectivity index (χ0n) is 17.4. The van der Waals surface area contributed by atoms with Crippen molar-refractivity contribution >= 4 is 22.5 Å². The van der Waals surface area contributed by atoms with Crippen molar-refractivity contribution in [2.24, 2.45) is 13.0 Å². The third kappa shape index (κ3) is 3.32. The molecule has 8 nitrogen and oxygen atoms in total. The number of likely N-dealkylation sites (tertiary alicyclic amines) is 1. The molecule has 2 aliphatic rings. The van der Waals surface area contributed by atoms with Gasteiger partial charge in [-0.2, -0.15) is 0 Å². The highest BCUT2D eigenvalue weighted by molar-refractivity contribution is 5.85. The van der Waals surface area contributed by atoms with Crippen molar-refractivity contribution in [1.82, 2.24) is 14.0 Å². The number of nitrogens with zero attached hydrogens (tertiary/aromatic N) is 4. The van der Waals surface area contributed by atoms with Crippen LogP contribution in [0, 0.1) is 16.0 Å². The van der Waals surface area contributed by atoms with Gasteiger partial charge in [-0.3, -0.25) is 19.7 Å². The van der Waals surface area contributed by atoms with Crippen LogP contribution in [0.5, 0.6) is 0 Å². The van der Waals surface area contributed by atoms with Crippen molar-refractivity contribution in [2.45, 2.75) is 31.7 Å². The van der Waals surface area contributed by atoms with Crippen LogP contribution in [0.3, 0.4) is 0 Å². The number of aryl methyl sites for hydroxylation is 2. The molecule has 1 amide bonds. The Hall–Kier alpha value is -3.42. The number of hydrogen-bond donors (Lipinski definition) is 0. The normalized spacial score (nSPS) is 20.0. The fraction of sp³-hybridized carbons (Fsp3) is 0.391. The Morgan fingerprint density at radius 3 is 2.77 bits per heavy atom. The van der Waals surface area contributed by atoms with Crippen LogP contribution in [0.1, 0.15) is 30.0 Å². The zero-order valence-corrected chi connectivity index (χ0v) is 17.4. The molecular weight excluding hydrogens is 396 g/mol. The molecule has 0 aliphatic carbocycles. The number of fused-ring (bicyclic) bond motifs is 5. The van der Waals surface area contributed by atoms with Gasteiger partial charge in [0.1, 0.15) is 0 Å². The predicted octanol–water partition coefficient (Wildman–Crippen LogP) is 2.83. The molecule has 5 rings (SSSR count). The number of para-hydroxylation sites is 1. The molecule has 160 valence electrons. The number of rotatable bonds is 4. The number of hydrogen-bond acceptors (Lipinski definition) is 4. The summed E-state index contributed by atoms with van der Waals surface area (Å²) in [5.74, 6) is 0.315. The summed E-state index contributed by atoms with van der Waals surface area (Å²) in [4.78, 5) is 37.9. The zero-order chi connectivity index (χ0) is 21.7. The van der Waals surface area contributed by atoms with Gasteiger partial charge in [0.2, 0.25) is 5.91 Å². The highest BCUT2D eigenvalue weighted by atomic mass is 16.6. The maximum absolute atomic E-state index is 13.0. The van der Waals surface area contributed by atoms with E-state index in [0.717, 1.165) is 17.6 Å². The van der Waals surface area contributed by atoms with E-state index in [0.29, 0.717) is 32.5 Å². The Bertz CT molecular complexity index is 1260. The van der Waals surface area contributed by atoms with E-state index in [4.69, 9.17) is 0 Å². The van der Waals surface area contributed by atoms with Crippen molar-refractivity contribution in [3.8, 4) is 0 Å². The van der Waals surface area contributed by atoms with Crippen LogP contribution in [0.4, 0.5) is 5.69 Å². The molecule has 0 N–H and O–H groups in total. The molecule has 1 saturated heterocycles. The van der Waals surface area contributed by atoms with E-state index < -0.39 is 10.5 Å². The Morgan fingerprint density at radius 1 is 1.16 bits per heavy atom. The van der Waals surface area contributed by atoms with Gasteiger partial charge in [0, 0.05) is 67.9 Å². The second-order valence-electron chi connectivity index (χ2n) is 8.70. The van der Waals surface area contributed by atoms with Crippen molar-refractivity contribution < 1.29 is 9.72 Å². The van der Waals surface area contributed by atoms with E-state index in [1.165, 1.54) is 17.0 Å². The monoisotopic (exact) mass is 420 g/mol. The van der Waals surface area contributed by atoms with Crippen LogP contribution >= 0.6 is 0 Å². The number of pyridine rings is 1. The number of benzene rings is 1. The third-order valence-electron chi connectivity index (χ3n) is 6.72. The lowest BCUT2D eigenvalue weighted by Gasteiger charge is -2.42. The summed E-state index contributed by atoms with van der Waals surface area (Å²) in [7, 11) is 2.02. The summed E-state index contributed by atoms with van der Waals surface area (Å²) in [5.41, 5.74) is 2.22. The lowest BCUT2D eigenvalue weighted by atomic mass is 9.83. The van der Waals surface area contributed by atoms with Gasteiger partial charge >= 0.3 is 11.2 Å². The van der Waals surface area contributed by atoms with Crippen molar-refractivity contribution in [1.29, 1.82) is 0 Å². The first kappa shape index (κ1) is 19.5. The van der Waals surface area contributed by atoms with Crippen LogP contribution in [-0.2, 0) is 24.8 Å². The average molecular weight is 420 g/mol. The smallest absolute Gasteiger partial charge is 0.334 e. The van der Waals surface area contributed by atoms with Crippen LogP contribution in [0.2, 0.25) is 0 Å². The molecular formula is C23H24N4O4. The Balaban J connectivity index is 1.32. The van der Waals surface area contributed by atoms with Crippen molar-refractivity contribution in [2.75, 3.05) is 13.1 Å². The molecule has 1 unspecified atom stereocenters. The first-order chi connectivity index (χ1) is 14.9. The number of piperidine rings is 1. The summed E-state index contributed by atoms with van der Waals surface area (Å²) < 4.78 is 3.64. The lowest BCUT2D eigenvalue weighted by molar-refractivity contribution is -0.386. The minimum absolute atomic E-state index is 0.0440. The van der Waals surface area contributed by atoms with Crippen molar-refractivity contribution in [3.05, 3.63) is 74.3 Å². The average Bonchev–Trinajstić information content (AvgIpc) is 3.08. The van der Waals surface area contributed by atoms with Gasteiger partial charge in [0.05, 0.1) is 4.92 Å². The van der Waals surface area contributed by atoms with E-state index in [-0.39, 0.29) is 23.4 Å². The Kier molecular flexibility index (Phi) is 4.64. The Morgan fingerprint density at radius 2 is 1.97 bits per heavy atom. The summed E-state index contributed by atoms with van der Waals surface area (Å²) in [6, 6.07) is 11.2. The van der Waals surface area contributed by atoms with Gasteiger partial charge in [0.15, 0.2) is 0 Å². The third-order valence-corrected chi connectivity index (χ3v) is 6.72. The minimum atomic E-state index is -0.622. The van der Waals surface area contributed by atoms with E-state index >= 15 is 0 Å². The standard InChI is InChI=1S/C23H24N4O4/c1-24-13-16(18-4-2-3-5-20(18)24)6-9-22(28)25-11-15-10-17(14-25)19-7-8-21(27(30)31)23(29)26(19)12-15/h2-5,7-8,13,15,17H,6,9-12,14H2,1H3/t15-,17?/m0/s1. The quantitative estimate of drug-likeness (QED) is 0.479. The summed E-state index contributed by atoms with van der Waals surface area (Å²) >= 11 is 0. The molecule has 2 aromatic heterocycles. The fourth-order valence-electron chi connectivity index (χ4n) is 5.30. The summed E-state index contributed by atoms with van der Waals surface area (Å²) in [6.45, 7) is 1.58. The van der Waals surface area contributed by atoms with E-state index in [9.17, 15) is 19.7 Å². The first-order valence-corrected chi connectivity index (χ1v) is 10.6. The summed E-state index contributed by atoms with van der Waals surface area (Å²) in [6.07, 6.45) is 4.14. The Labute approximate surface area is 178 Å². The molecule has 0 radical (unpaired) electrons. The highest BCUT2D eigenvalue weighted by Crippen LogP contribution is 2.36. The van der Waals surface area contributed by atoms with Crippen LogP contribution < -0.4 is 5.56 Å². The van der Waals surface area contributed by atoms with E-state index in [1.54, 1.807) is 10.6 Å². The van der Waals surface area contributed by atoms with Gasteiger partial charge in [-0.1, -0.05) is 18.2 Å². The van der Waals surface area contributed by atoms with Crippen molar-refractivity contribution in [3.63, 3.8) is 0 Å². The molecule has 8 heteroatoms. The van der Waals surface area contributed by atoms with Crippen LogP contribution in [0.15, 0.2) is 47.4 Å². The molecule has 4 heterocycles. The van der Waals surface area contributed by atoms with Gasteiger partial charge in [-0.15, -0.1) is 0 Å². The van der Waals surface area contributed by atoms with Gasteiger partial charge in [0.25, 0.3) is 0 Å². The molecule has 2 aliphatic heterocycles. The number of amides is 1. The lowest BCUT2D eigenvalue weighted by Crippen LogP contribution is -2.49. The molecule has 0 spiro atoms. The van der Waals surface area contributed by atoms with Crippen LogP contribution in [-0.4, -0.2) is 38.0 Å². The van der Waals surface area contributed by atoms with Crippen LogP contribution in [0.25, 0.3) is 10.9 Å². The highest BCUT2D eigenvalue weighted by Gasteiger charge is 2.37. The van der Waals surface area contributed by atoms with Gasteiger partial charge in [-0.25, -0.2) is 0 Å². The molecule has 1 fully saturated rings. The fourth-order valence-corrected chi connectivity index (χ4v) is 5.30. The number of carbonyl (C=O) groups excluding carboxylic acids is 1. The first-order valence-electron chi connectivity index (χ1n) is 10.6. The summed E-state index contributed by atoms with van der Waals surface area (Å²) in [5, 5.41) is 12.3. The van der Waals surface area contributed by atoms with E-state index in [2.05, 4.69) is 22.9 Å². The van der Waals surface area contributed by atoms with Gasteiger partial charge in [-0.05, 0) is 36.5 Å². The molecule has 2 bridgehead atoms. The second kappa shape index (κ2) is 7.37. The molecule has 0 saturated carbocycles. The number of carbonyl (C=O) groups is 1.